The Kier molecular flexibility index (Phi) is 2.14. The maximum atomic E-state index is 5.70. The first-order chi connectivity index (χ1) is 6.53. The van der Waals surface area contributed by atoms with Crippen LogP contribution in [0.3, 0.4) is 0 Å². The number of nitrogens with zero attached hydrogens (tertiary/aromatic N) is 2. The lowest BCUT2D eigenvalue weighted by molar-refractivity contribution is 0.310. The van der Waals surface area contributed by atoms with E-state index in [-0.39, 0.29) is 0 Å². The van der Waals surface area contributed by atoms with Gasteiger partial charge in [-0.25, -0.2) is 0 Å². The van der Waals surface area contributed by atoms with Gasteiger partial charge in [0, 0.05) is 19.3 Å². The van der Waals surface area contributed by atoms with Crippen molar-refractivity contribution in [3.05, 3.63) is 17.0 Å². The SMILES string of the molecule is Cn1nc(CN)c2c1CCC(C)(C)C2. The van der Waals surface area contributed by atoms with Crippen LogP contribution in [-0.4, -0.2) is 9.78 Å². The van der Waals surface area contributed by atoms with Gasteiger partial charge in [0.15, 0.2) is 0 Å². The van der Waals surface area contributed by atoms with Gasteiger partial charge in [0.1, 0.15) is 0 Å². The summed E-state index contributed by atoms with van der Waals surface area (Å²) in [6, 6.07) is 0. The lowest BCUT2D eigenvalue weighted by atomic mass is 9.76. The van der Waals surface area contributed by atoms with Gasteiger partial charge in [0.2, 0.25) is 0 Å². The zero-order chi connectivity index (χ0) is 10.3. The van der Waals surface area contributed by atoms with E-state index in [9.17, 15) is 0 Å². The van der Waals surface area contributed by atoms with Crippen molar-refractivity contribution < 1.29 is 0 Å². The molecule has 3 heteroatoms. The van der Waals surface area contributed by atoms with E-state index in [4.69, 9.17) is 5.73 Å². The number of aromatic nitrogens is 2. The predicted molar refractivity (Wildman–Crippen MR) is 56.9 cm³/mol. The van der Waals surface area contributed by atoms with Gasteiger partial charge >= 0.3 is 0 Å². The van der Waals surface area contributed by atoms with E-state index in [1.54, 1.807) is 0 Å². The van der Waals surface area contributed by atoms with Gasteiger partial charge in [0.05, 0.1) is 5.69 Å². The van der Waals surface area contributed by atoms with Gasteiger partial charge in [-0.2, -0.15) is 5.10 Å². The Bertz CT molecular complexity index is 350. The molecule has 2 rings (SSSR count). The fourth-order valence-electron chi connectivity index (χ4n) is 2.37. The molecule has 0 amide bonds. The largest absolute Gasteiger partial charge is 0.325 e. The van der Waals surface area contributed by atoms with Crippen LogP contribution >= 0.6 is 0 Å². The van der Waals surface area contributed by atoms with E-state index in [2.05, 4.69) is 18.9 Å². The standard InChI is InChI=1S/C11H19N3/c1-11(2)5-4-10-8(6-11)9(7-12)13-14(10)3/h4-7,12H2,1-3H3. The summed E-state index contributed by atoms with van der Waals surface area (Å²) in [7, 11) is 2.02. The molecule has 1 aromatic heterocycles. The fourth-order valence-corrected chi connectivity index (χ4v) is 2.37. The minimum atomic E-state index is 0.417. The first-order valence-electron chi connectivity index (χ1n) is 5.27. The molecule has 1 aromatic rings. The van der Waals surface area contributed by atoms with Gasteiger partial charge in [-0.3, -0.25) is 4.68 Å². The van der Waals surface area contributed by atoms with E-state index >= 15 is 0 Å². The molecule has 0 atom stereocenters. The highest BCUT2D eigenvalue weighted by Gasteiger charge is 2.29. The average Bonchev–Trinajstić information content (AvgIpc) is 2.40. The third-order valence-electron chi connectivity index (χ3n) is 3.25. The molecule has 0 bridgehead atoms. The molecule has 0 spiro atoms. The zero-order valence-corrected chi connectivity index (χ0v) is 9.30. The number of aryl methyl sites for hydroxylation is 1. The van der Waals surface area contributed by atoms with Gasteiger partial charge in [0.25, 0.3) is 0 Å². The molecule has 0 unspecified atom stereocenters. The molecular formula is C11H19N3. The summed E-state index contributed by atoms with van der Waals surface area (Å²) in [6.07, 6.45) is 3.53. The van der Waals surface area contributed by atoms with Crippen LogP contribution in [0.4, 0.5) is 0 Å². The summed E-state index contributed by atoms with van der Waals surface area (Å²) in [5.41, 5.74) is 10.0. The fraction of sp³-hybridized carbons (Fsp3) is 0.727. The lowest BCUT2D eigenvalue weighted by Crippen LogP contribution is -2.23. The van der Waals surface area contributed by atoms with Crippen LogP contribution in [0.5, 0.6) is 0 Å². The molecule has 2 N–H and O–H groups in total. The zero-order valence-electron chi connectivity index (χ0n) is 9.30. The summed E-state index contributed by atoms with van der Waals surface area (Å²) in [6.45, 7) is 5.21. The summed E-state index contributed by atoms with van der Waals surface area (Å²) in [5, 5.41) is 4.47. The van der Waals surface area contributed by atoms with Crippen LogP contribution in [0.15, 0.2) is 0 Å². The van der Waals surface area contributed by atoms with Crippen molar-refractivity contribution in [3.8, 4) is 0 Å². The molecule has 1 heterocycles. The second-order valence-corrected chi connectivity index (χ2v) is 5.04. The summed E-state index contributed by atoms with van der Waals surface area (Å²) >= 11 is 0. The van der Waals surface area contributed by atoms with Crippen LogP contribution in [0.1, 0.15) is 37.2 Å². The Morgan fingerprint density at radius 3 is 2.86 bits per heavy atom. The first-order valence-corrected chi connectivity index (χ1v) is 5.27. The van der Waals surface area contributed by atoms with Gasteiger partial charge in [-0.05, 0) is 30.2 Å². The number of fused-ring (bicyclic) bond motifs is 1. The van der Waals surface area contributed by atoms with Crippen LogP contribution in [0.2, 0.25) is 0 Å². The Hall–Kier alpha value is -0.830. The number of hydrogen-bond donors (Lipinski definition) is 1. The van der Waals surface area contributed by atoms with Crippen LogP contribution in [0, 0.1) is 5.41 Å². The van der Waals surface area contributed by atoms with Crippen LogP contribution < -0.4 is 5.73 Å². The van der Waals surface area contributed by atoms with Gasteiger partial charge < -0.3 is 5.73 Å². The molecule has 14 heavy (non-hydrogen) atoms. The lowest BCUT2D eigenvalue weighted by Gasteiger charge is -2.29. The van der Waals surface area contributed by atoms with E-state index in [1.165, 1.54) is 17.7 Å². The van der Waals surface area contributed by atoms with E-state index in [0.29, 0.717) is 12.0 Å². The second kappa shape index (κ2) is 3.09. The molecule has 1 aliphatic rings. The highest BCUT2D eigenvalue weighted by Crippen LogP contribution is 2.35. The van der Waals surface area contributed by atoms with Crippen molar-refractivity contribution in [3.63, 3.8) is 0 Å². The summed E-state index contributed by atoms with van der Waals surface area (Å²) in [4.78, 5) is 0. The summed E-state index contributed by atoms with van der Waals surface area (Å²) in [5.74, 6) is 0. The molecule has 0 aliphatic heterocycles. The molecule has 0 saturated heterocycles. The third-order valence-corrected chi connectivity index (χ3v) is 3.25. The van der Waals surface area contributed by atoms with Crippen LogP contribution in [0.25, 0.3) is 0 Å². The van der Waals surface area contributed by atoms with E-state index in [1.807, 2.05) is 11.7 Å². The second-order valence-electron chi connectivity index (χ2n) is 5.04. The van der Waals surface area contributed by atoms with E-state index < -0.39 is 0 Å². The first kappa shape index (κ1) is 9.71. The normalized spacial score (nSPS) is 19.4. The quantitative estimate of drug-likeness (QED) is 0.732. The Labute approximate surface area is 85.3 Å². The Morgan fingerprint density at radius 1 is 1.50 bits per heavy atom. The minimum Gasteiger partial charge on any atom is -0.325 e. The molecule has 78 valence electrons. The highest BCUT2D eigenvalue weighted by atomic mass is 15.3. The van der Waals surface area contributed by atoms with Crippen molar-refractivity contribution >= 4 is 0 Å². The minimum absolute atomic E-state index is 0.417. The van der Waals surface area contributed by atoms with Crippen molar-refractivity contribution in [1.82, 2.24) is 9.78 Å². The molecule has 0 saturated carbocycles. The average molecular weight is 193 g/mol. The molecule has 1 aliphatic carbocycles. The highest BCUT2D eigenvalue weighted by molar-refractivity contribution is 5.30. The number of rotatable bonds is 1. The van der Waals surface area contributed by atoms with Crippen molar-refractivity contribution in [2.24, 2.45) is 18.2 Å². The van der Waals surface area contributed by atoms with Crippen LogP contribution in [-0.2, 0) is 26.4 Å². The van der Waals surface area contributed by atoms with Crippen molar-refractivity contribution in [1.29, 1.82) is 0 Å². The van der Waals surface area contributed by atoms with Crippen molar-refractivity contribution in [2.45, 2.75) is 39.7 Å². The number of hydrogen-bond acceptors (Lipinski definition) is 2. The Morgan fingerprint density at radius 2 is 2.21 bits per heavy atom. The summed E-state index contributed by atoms with van der Waals surface area (Å²) < 4.78 is 2.01. The Balaban J connectivity index is 2.44. The topological polar surface area (TPSA) is 43.8 Å². The monoisotopic (exact) mass is 193 g/mol. The third kappa shape index (κ3) is 1.46. The molecule has 0 radical (unpaired) electrons. The molecule has 0 aromatic carbocycles. The maximum absolute atomic E-state index is 5.70. The molecule has 0 fully saturated rings. The van der Waals surface area contributed by atoms with Crippen molar-refractivity contribution in [2.75, 3.05) is 0 Å². The maximum Gasteiger partial charge on any atom is 0.0795 e. The molecular weight excluding hydrogens is 174 g/mol. The number of nitrogens with two attached hydrogens (primary N) is 1. The smallest absolute Gasteiger partial charge is 0.0795 e. The van der Waals surface area contributed by atoms with Gasteiger partial charge in [-0.1, -0.05) is 13.8 Å². The predicted octanol–water partition coefficient (Wildman–Crippen LogP) is 1.39. The molecule has 3 nitrogen and oxygen atoms in total. The van der Waals surface area contributed by atoms with Gasteiger partial charge in [-0.15, -0.1) is 0 Å². The van der Waals surface area contributed by atoms with E-state index in [0.717, 1.165) is 18.5 Å².